The Morgan fingerprint density at radius 1 is 1.17 bits per heavy atom. The van der Waals surface area contributed by atoms with Crippen LogP contribution < -0.4 is 21.8 Å². The predicted molar refractivity (Wildman–Crippen MR) is 138 cm³/mol. The number of ether oxygens (including phenoxy) is 1. The smallest absolute Gasteiger partial charge is 0.335 e. The van der Waals surface area contributed by atoms with Crippen LogP contribution in [0.1, 0.15) is 58.5 Å². The second-order valence-corrected chi connectivity index (χ2v) is 10.5. The van der Waals surface area contributed by atoms with Crippen LogP contribution in [0.5, 0.6) is 5.75 Å². The van der Waals surface area contributed by atoms with E-state index >= 15 is 0 Å². The highest BCUT2D eigenvalue weighted by Gasteiger charge is 2.21. The summed E-state index contributed by atoms with van der Waals surface area (Å²) in [5, 5.41) is 9.82. The Morgan fingerprint density at radius 3 is 2.47 bits per heavy atom. The average Bonchev–Trinajstić information content (AvgIpc) is 3.21. The van der Waals surface area contributed by atoms with Crippen LogP contribution in [0.2, 0.25) is 0 Å². The van der Waals surface area contributed by atoms with Gasteiger partial charge in [0.05, 0.1) is 18.6 Å². The van der Waals surface area contributed by atoms with E-state index in [2.05, 4.69) is 21.5 Å². The highest BCUT2D eigenvalue weighted by atomic mass is 16.6. The third-order valence-electron chi connectivity index (χ3n) is 5.16. The number of hydrogen-bond acceptors (Lipinski definition) is 6. The van der Waals surface area contributed by atoms with Crippen LogP contribution in [0.15, 0.2) is 52.3 Å². The fourth-order valence-electron chi connectivity index (χ4n) is 3.55. The molecule has 3 aromatic rings. The lowest BCUT2D eigenvalue weighted by Crippen LogP contribution is -2.53. The number of carbonyl (C=O) groups excluding carboxylic acids is 1. The molecular formula is C27H32N4O5. The molecular weight excluding hydrogens is 460 g/mol. The van der Waals surface area contributed by atoms with E-state index < -0.39 is 22.7 Å². The molecule has 36 heavy (non-hydrogen) atoms. The van der Waals surface area contributed by atoms with Gasteiger partial charge in [-0.05, 0) is 50.6 Å². The Hall–Kier alpha value is -4.14. The molecule has 1 aromatic carbocycles. The first-order valence-corrected chi connectivity index (χ1v) is 11.5. The number of aromatic nitrogens is 4. The Balaban J connectivity index is 2.26. The van der Waals surface area contributed by atoms with Gasteiger partial charge in [-0.25, -0.2) is 9.78 Å². The molecule has 190 valence electrons. The van der Waals surface area contributed by atoms with Gasteiger partial charge in [0.2, 0.25) is 0 Å². The molecule has 0 amide bonds. The number of phenols is 1. The minimum Gasteiger partial charge on any atom is -0.508 e. The summed E-state index contributed by atoms with van der Waals surface area (Å²) in [6.45, 7) is 14.7. The molecule has 3 N–H and O–H groups in total. The number of aromatic hydroxyl groups is 1. The van der Waals surface area contributed by atoms with Gasteiger partial charge in [-0.15, -0.1) is 0 Å². The maximum atomic E-state index is 13.6. The molecule has 0 atom stereocenters. The van der Waals surface area contributed by atoms with Gasteiger partial charge in [0.15, 0.2) is 0 Å². The fourth-order valence-corrected chi connectivity index (χ4v) is 3.55. The van der Waals surface area contributed by atoms with Crippen molar-refractivity contribution in [1.29, 1.82) is 0 Å². The lowest BCUT2D eigenvalue weighted by molar-refractivity contribution is -0.150. The molecule has 0 unspecified atom stereocenters. The number of rotatable bonds is 5. The van der Waals surface area contributed by atoms with Gasteiger partial charge < -0.3 is 19.8 Å². The van der Waals surface area contributed by atoms with Crippen LogP contribution in [-0.4, -0.2) is 36.2 Å². The molecule has 9 heteroatoms. The van der Waals surface area contributed by atoms with Gasteiger partial charge >= 0.3 is 5.97 Å². The normalized spacial score (nSPS) is 13.2. The Morgan fingerprint density at radius 2 is 1.86 bits per heavy atom. The summed E-state index contributed by atoms with van der Waals surface area (Å²) in [7, 11) is 0. The number of nitrogens with zero attached hydrogens (tertiary/aromatic N) is 2. The predicted octanol–water partition coefficient (Wildman–Crippen LogP) is 1.82. The number of phenolic OH excluding ortho intramolecular Hbond substituents is 1. The van der Waals surface area contributed by atoms with Gasteiger partial charge in [-0.3, -0.25) is 14.2 Å². The van der Waals surface area contributed by atoms with Crippen molar-refractivity contribution in [1.82, 2.24) is 19.5 Å². The van der Waals surface area contributed by atoms with Crippen molar-refractivity contribution in [3.8, 4) is 5.75 Å². The molecule has 0 radical (unpaired) electrons. The van der Waals surface area contributed by atoms with Crippen LogP contribution in [0.3, 0.4) is 0 Å². The highest BCUT2D eigenvalue weighted by Crippen LogP contribution is 2.22. The molecule has 3 rings (SSSR count). The molecule has 2 heterocycles. The summed E-state index contributed by atoms with van der Waals surface area (Å²) < 4.78 is 6.55. The maximum absolute atomic E-state index is 13.6. The number of carbonyl (C=O) groups is 1. The first kappa shape index (κ1) is 26.5. The molecule has 0 saturated carbocycles. The number of hydrogen-bond donors (Lipinski definition) is 3. The van der Waals surface area contributed by atoms with Crippen LogP contribution in [-0.2, 0) is 21.5 Å². The average molecular weight is 493 g/mol. The van der Waals surface area contributed by atoms with Gasteiger partial charge in [0.25, 0.3) is 11.1 Å². The van der Waals surface area contributed by atoms with Crippen molar-refractivity contribution in [2.24, 2.45) is 0 Å². The zero-order valence-corrected chi connectivity index (χ0v) is 21.4. The Kier molecular flexibility index (Phi) is 7.24. The van der Waals surface area contributed by atoms with E-state index in [0.717, 1.165) is 5.69 Å². The molecule has 9 nitrogen and oxygen atoms in total. The van der Waals surface area contributed by atoms with E-state index in [-0.39, 0.29) is 34.0 Å². The number of benzene rings is 1. The van der Waals surface area contributed by atoms with E-state index in [0.29, 0.717) is 11.3 Å². The van der Waals surface area contributed by atoms with E-state index in [1.165, 1.54) is 35.2 Å². The number of esters is 1. The first-order chi connectivity index (χ1) is 16.7. The zero-order chi connectivity index (χ0) is 26.8. The van der Waals surface area contributed by atoms with Crippen LogP contribution in [0.4, 0.5) is 0 Å². The molecule has 2 aromatic heterocycles. The minimum atomic E-state index is -0.752. The SMILES string of the molecule is C=C(Cn1c(=O)/c(=C/c2nc[nH]c2C(C)(C)C)[nH]c(=O)/c1=C/c1cccc(O)c1)C(=O)OC(C)(C)C. The summed E-state index contributed by atoms with van der Waals surface area (Å²) in [5.74, 6) is -0.670. The number of nitrogens with one attached hydrogen (secondary N) is 2. The van der Waals surface area contributed by atoms with Gasteiger partial charge in [-0.2, -0.15) is 0 Å². The van der Waals surface area contributed by atoms with Crippen molar-refractivity contribution < 1.29 is 14.6 Å². The van der Waals surface area contributed by atoms with Crippen LogP contribution in [0.25, 0.3) is 12.2 Å². The monoisotopic (exact) mass is 492 g/mol. The summed E-state index contributed by atoms with van der Waals surface area (Å²) in [6, 6.07) is 6.24. The van der Waals surface area contributed by atoms with Gasteiger partial charge in [0.1, 0.15) is 22.0 Å². The third kappa shape index (κ3) is 6.29. The lowest BCUT2D eigenvalue weighted by Gasteiger charge is -2.20. The quantitative estimate of drug-likeness (QED) is 0.368. The van der Waals surface area contributed by atoms with Crippen molar-refractivity contribution in [2.45, 2.75) is 59.1 Å². The lowest BCUT2D eigenvalue weighted by atomic mass is 9.90. The topological polar surface area (TPSA) is 130 Å². The third-order valence-corrected chi connectivity index (χ3v) is 5.16. The van der Waals surface area contributed by atoms with Gasteiger partial charge in [0, 0.05) is 16.7 Å². The van der Waals surface area contributed by atoms with E-state index in [4.69, 9.17) is 4.74 Å². The second kappa shape index (κ2) is 9.85. The van der Waals surface area contributed by atoms with E-state index in [1.807, 2.05) is 20.8 Å². The van der Waals surface area contributed by atoms with Crippen molar-refractivity contribution in [3.63, 3.8) is 0 Å². The molecule has 0 spiro atoms. The number of aromatic amines is 2. The molecule has 0 bridgehead atoms. The van der Waals surface area contributed by atoms with Crippen LogP contribution in [0, 0.1) is 0 Å². The maximum Gasteiger partial charge on any atom is 0.335 e. The van der Waals surface area contributed by atoms with Crippen molar-refractivity contribution >= 4 is 18.1 Å². The summed E-state index contributed by atoms with van der Waals surface area (Å²) >= 11 is 0. The highest BCUT2D eigenvalue weighted by molar-refractivity contribution is 5.87. The summed E-state index contributed by atoms with van der Waals surface area (Å²) in [5.41, 5.74) is -0.337. The summed E-state index contributed by atoms with van der Waals surface area (Å²) in [4.78, 5) is 49.4. The zero-order valence-electron chi connectivity index (χ0n) is 21.4. The van der Waals surface area contributed by atoms with Crippen LogP contribution >= 0.6 is 0 Å². The van der Waals surface area contributed by atoms with Crippen molar-refractivity contribution in [3.05, 3.63) is 91.1 Å². The van der Waals surface area contributed by atoms with Gasteiger partial charge in [-0.1, -0.05) is 39.5 Å². The number of imidazole rings is 1. The second-order valence-electron chi connectivity index (χ2n) is 10.5. The molecule has 0 aliphatic carbocycles. The minimum absolute atomic E-state index is 0.00245. The molecule has 0 aliphatic heterocycles. The Labute approximate surface area is 208 Å². The molecule has 0 aliphatic rings. The van der Waals surface area contributed by atoms with E-state index in [9.17, 15) is 19.5 Å². The number of H-pyrrole nitrogens is 2. The molecule has 0 saturated heterocycles. The molecule has 0 fully saturated rings. The summed E-state index contributed by atoms with van der Waals surface area (Å²) in [6.07, 6.45) is 4.49. The Bertz CT molecular complexity index is 1540. The standard InChI is InChI=1S/C27H32N4O5/c1-16(25(35)36-27(5,6)7)14-31-21(12-17-9-8-10-18(32)11-17)23(33)30-20(24(31)34)13-19-22(26(2,3)4)29-15-28-19/h8-13,15,32H,1,14H2,2-7H3,(H,28,29)(H,30,33)/b20-13-,21-12-. The largest absolute Gasteiger partial charge is 0.508 e. The fraction of sp³-hybridized carbons (Fsp3) is 0.333. The van der Waals surface area contributed by atoms with Crippen molar-refractivity contribution in [2.75, 3.05) is 0 Å². The first-order valence-electron chi connectivity index (χ1n) is 11.5. The van der Waals surface area contributed by atoms with E-state index in [1.54, 1.807) is 32.9 Å².